The van der Waals surface area contributed by atoms with Crippen LogP contribution in [0.2, 0.25) is 10.0 Å². The molecule has 1 saturated heterocycles. The fraction of sp³-hybridized carbons (Fsp3) is 0.667. The van der Waals surface area contributed by atoms with E-state index in [1.807, 2.05) is 0 Å². The average Bonchev–Trinajstić information content (AvgIpc) is 2.78. The van der Waals surface area contributed by atoms with Gasteiger partial charge in [-0.3, -0.25) is 10.2 Å². The van der Waals surface area contributed by atoms with Gasteiger partial charge in [0, 0.05) is 17.8 Å². The highest BCUT2D eigenvalue weighted by molar-refractivity contribution is 6.42. The minimum absolute atomic E-state index is 0.104. The van der Waals surface area contributed by atoms with E-state index < -0.39 is 0 Å². The molecule has 0 bridgehead atoms. The number of carbonyl (C=O) groups excluding carboxylic acids is 1. The molecule has 0 spiro atoms. The van der Waals surface area contributed by atoms with Gasteiger partial charge in [-0.05, 0) is 44.4 Å². The van der Waals surface area contributed by atoms with Gasteiger partial charge in [-0.2, -0.15) is 0 Å². The lowest BCUT2D eigenvalue weighted by molar-refractivity contribution is 0.0237. The second-order valence-corrected chi connectivity index (χ2v) is 9.49. The third-order valence-corrected chi connectivity index (χ3v) is 6.95. The smallest absolute Gasteiger partial charge is 0.309 e. The van der Waals surface area contributed by atoms with Gasteiger partial charge >= 0.3 is 6.03 Å². The summed E-state index contributed by atoms with van der Waals surface area (Å²) in [5, 5.41) is 10.3. The van der Waals surface area contributed by atoms with Gasteiger partial charge in [0.05, 0.1) is 15.5 Å². The molecule has 1 saturated carbocycles. The Bertz CT molecular complexity index is 680. The second-order valence-electron chi connectivity index (χ2n) is 8.17. The van der Waals surface area contributed by atoms with Crippen molar-refractivity contribution in [2.24, 2.45) is 0 Å². The number of hydrogen-bond donors (Lipinski definition) is 3. The molecule has 1 aromatic carbocycles. The third kappa shape index (κ3) is 6.63. The maximum Gasteiger partial charge on any atom is 0.321 e. The summed E-state index contributed by atoms with van der Waals surface area (Å²) in [6, 6.07) is 5.32. The van der Waals surface area contributed by atoms with Gasteiger partial charge in [0.1, 0.15) is 6.29 Å². The summed E-state index contributed by atoms with van der Waals surface area (Å²) in [6.07, 6.45) is 10.4. The van der Waals surface area contributed by atoms with Crippen LogP contribution in [0.5, 0.6) is 0 Å². The molecule has 1 aliphatic heterocycles. The number of amides is 2. The molecule has 29 heavy (non-hydrogen) atoms. The number of anilines is 1. The van der Waals surface area contributed by atoms with Crippen molar-refractivity contribution >= 4 is 46.5 Å². The molecule has 1 aliphatic carbocycles. The Morgan fingerprint density at radius 2 is 1.72 bits per heavy atom. The number of nitrogens with zero attached hydrogens (tertiary/aromatic N) is 1. The highest BCUT2D eigenvalue weighted by atomic mass is 35.5. The molecule has 3 rings (SSSR count). The zero-order valence-electron chi connectivity index (χ0n) is 16.9. The van der Waals surface area contributed by atoms with Crippen molar-refractivity contribution in [2.45, 2.75) is 88.6 Å². The van der Waals surface area contributed by atoms with Gasteiger partial charge in [-0.1, -0.05) is 61.7 Å². The van der Waals surface area contributed by atoms with Crippen LogP contribution in [-0.2, 0) is 0 Å². The zero-order chi connectivity index (χ0) is 20.8. The summed E-state index contributed by atoms with van der Waals surface area (Å²) in [7, 11) is 0. The Balaban J connectivity index is 1.68. The summed E-state index contributed by atoms with van der Waals surface area (Å²) in [5.41, 5.74) is 0.490. The summed E-state index contributed by atoms with van der Waals surface area (Å²) >= 11 is 18.8. The molecular weight excluding hydrogens is 431 g/mol. The molecule has 1 heterocycles. The molecule has 5 nitrogen and oxygen atoms in total. The normalized spacial score (nSPS) is 27.5. The standard InChI is InChI=1S/C21H31Cl3N4O/c1-14-12-19(24)28(16-8-6-4-2-3-5-7-9-16)20(25-14)27-21(29)26-15-10-11-17(22)18(23)13-15/h10-11,13-14,16,19-20,25H,2-9,12H2,1H3,(H2,26,27,29). The van der Waals surface area contributed by atoms with E-state index in [4.69, 9.17) is 34.8 Å². The second kappa shape index (κ2) is 11.1. The first kappa shape index (κ1) is 23.0. The number of halogens is 3. The van der Waals surface area contributed by atoms with Gasteiger partial charge in [-0.15, -0.1) is 11.6 Å². The van der Waals surface area contributed by atoms with Crippen molar-refractivity contribution in [1.29, 1.82) is 0 Å². The molecule has 0 aromatic heterocycles. The maximum atomic E-state index is 12.7. The predicted molar refractivity (Wildman–Crippen MR) is 122 cm³/mol. The van der Waals surface area contributed by atoms with Crippen LogP contribution >= 0.6 is 34.8 Å². The number of benzene rings is 1. The summed E-state index contributed by atoms with van der Waals surface area (Å²) in [6.45, 7) is 2.10. The largest absolute Gasteiger partial charge is 0.321 e. The van der Waals surface area contributed by atoms with Crippen LogP contribution in [-0.4, -0.2) is 34.8 Å². The van der Waals surface area contributed by atoms with Crippen molar-refractivity contribution in [3.05, 3.63) is 28.2 Å². The van der Waals surface area contributed by atoms with E-state index in [9.17, 15) is 4.79 Å². The van der Waals surface area contributed by atoms with Gasteiger partial charge in [0.2, 0.25) is 0 Å². The lowest BCUT2D eigenvalue weighted by Gasteiger charge is -2.47. The number of rotatable bonds is 3. The van der Waals surface area contributed by atoms with Gasteiger partial charge < -0.3 is 10.6 Å². The molecular formula is C21H31Cl3N4O. The van der Waals surface area contributed by atoms with Crippen molar-refractivity contribution in [3.63, 3.8) is 0 Å². The molecule has 1 aromatic rings. The fourth-order valence-corrected chi connectivity index (χ4v) is 5.17. The first-order valence-electron chi connectivity index (χ1n) is 10.6. The van der Waals surface area contributed by atoms with E-state index in [1.54, 1.807) is 18.2 Å². The SMILES string of the molecule is CC1CC(Cl)N(C2CCCCCCCC2)C(NC(=O)Nc2ccc(Cl)c(Cl)c2)N1. The molecule has 3 unspecified atom stereocenters. The maximum absolute atomic E-state index is 12.7. The van der Waals surface area contributed by atoms with Crippen LogP contribution in [0.25, 0.3) is 0 Å². The van der Waals surface area contributed by atoms with E-state index in [0.717, 1.165) is 19.3 Å². The molecule has 162 valence electrons. The van der Waals surface area contributed by atoms with E-state index >= 15 is 0 Å². The monoisotopic (exact) mass is 460 g/mol. The topological polar surface area (TPSA) is 56.4 Å². The summed E-state index contributed by atoms with van der Waals surface area (Å²) in [5.74, 6) is 0. The van der Waals surface area contributed by atoms with E-state index in [0.29, 0.717) is 21.8 Å². The number of nitrogens with one attached hydrogen (secondary N) is 3. The van der Waals surface area contributed by atoms with Crippen LogP contribution < -0.4 is 16.0 Å². The van der Waals surface area contributed by atoms with E-state index in [-0.39, 0.29) is 23.9 Å². The predicted octanol–water partition coefficient (Wildman–Crippen LogP) is 6.15. The lowest BCUT2D eigenvalue weighted by atomic mass is 10.0. The number of alkyl halides is 1. The zero-order valence-corrected chi connectivity index (χ0v) is 19.2. The third-order valence-electron chi connectivity index (χ3n) is 5.80. The quantitative estimate of drug-likeness (QED) is 0.374. The van der Waals surface area contributed by atoms with Crippen molar-refractivity contribution in [2.75, 3.05) is 5.32 Å². The Morgan fingerprint density at radius 1 is 1.07 bits per heavy atom. The summed E-state index contributed by atoms with van der Waals surface area (Å²) in [4.78, 5) is 15.0. The van der Waals surface area contributed by atoms with Gasteiger partial charge in [0.25, 0.3) is 0 Å². The van der Waals surface area contributed by atoms with Crippen molar-refractivity contribution < 1.29 is 4.79 Å². The molecule has 2 aliphatic rings. The summed E-state index contributed by atoms with van der Waals surface area (Å²) < 4.78 is 0. The van der Waals surface area contributed by atoms with Crippen molar-refractivity contribution in [3.8, 4) is 0 Å². The van der Waals surface area contributed by atoms with E-state index in [2.05, 4.69) is 27.8 Å². The molecule has 0 radical (unpaired) electrons. The minimum atomic E-state index is -0.310. The Hall–Kier alpha value is -0.720. The van der Waals surface area contributed by atoms with Crippen LogP contribution in [0.15, 0.2) is 18.2 Å². The van der Waals surface area contributed by atoms with Gasteiger partial charge in [-0.25, -0.2) is 4.79 Å². The Kier molecular flexibility index (Phi) is 8.75. The molecule has 8 heteroatoms. The van der Waals surface area contributed by atoms with Gasteiger partial charge in [0.15, 0.2) is 0 Å². The molecule has 3 N–H and O–H groups in total. The van der Waals surface area contributed by atoms with Crippen LogP contribution in [0, 0.1) is 0 Å². The fourth-order valence-electron chi connectivity index (χ4n) is 4.33. The number of carbonyl (C=O) groups is 1. The van der Waals surface area contributed by atoms with E-state index in [1.165, 1.54) is 38.5 Å². The lowest BCUT2D eigenvalue weighted by Crippen LogP contribution is -2.67. The molecule has 2 amide bonds. The number of hydrogen-bond acceptors (Lipinski definition) is 3. The average molecular weight is 462 g/mol. The molecule has 2 fully saturated rings. The highest BCUT2D eigenvalue weighted by Gasteiger charge is 2.37. The van der Waals surface area contributed by atoms with Crippen LogP contribution in [0.4, 0.5) is 10.5 Å². The minimum Gasteiger partial charge on any atom is -0.309 e. The first-order valence-corrected chi connectivity index (χ1v) is 11.8. The molecule has 3 atom stereocenters. The Labute approximate surface area is 188 Å². The van der Waals surface area contributed by atoms with Crippen molar-refractivity contribution in [1.82, 2.24) is 15.5 Å². The highest BCUT2D eigenvalue weighted by Crippen LogP contribution is 2.29. The first-order chi connectivity index (χ1) is 13.9. The Morgan fingerprint density at radius 3 is 2.38 bits per heavy atom. The van der Waals surface area contributed by atoms with Crippen LogP contribution in [0.1, 0.15) is 64.7 Å². The van der Waals surface area contributed by atoms with Crippen LogP contribution in [0.3, 0.4) is 0 Å². The number of urea groups is 1.